The van der Waals surface area contributed by atoms with E-state index < -0.39 is 23.2 Å². The Kier molecular flexibility index (Phi) is 4.65. The molecule has 2 saturated heterocycles. The van der Waals surface area contributed by atoms with Crippen LogP contribution in [0, 0.1) is 11.3 Å². The van der Waals surface area contributed by atoms with Crippen molar-refractivity contribution in [3.63, 3.8) is 0 Å². The molecule has 0 spiro atoms. The van der Waals surface area contributed by atoms with E-state index in [1.165, 1.54) is 4.90 Å². The van der Waals surface area contributed by atoms with Crippen molar-refractivity contribution < 1.29 is 14.7 Å². The molecule has 7 heteroatoms. The van der Waals surface area contributed by atoms with Gasteiger partial charge in [-0.3, -0.25) is 9.69 Å². The Balaban J connectivity index is 2.10. The smallest absolute Gasteiger partial charge is 0.408 e. The number of amides is 2. The number of nitriles is 1. The van der Waals surface area contributed by atoms with Crippen molar-refractivity contribution in [2.45, 2.75) is 56.1 Å². The van der Waals surface area contributed by atoms with Gasteiger partial charge in [-0.1, -0.05) is 30.3 Å². The fourth-order valence-corrected chi connectivity index (χ4v) is 5.60. The van der Waals surface area contributed by atoms with Crippen LogP contribution in [0.3, 0.4) is 0 Å². The lowest BCUT2D eigenvalue weighted by atomic mass is 9.84. The fraction of sp³-hybridized carbons (Fsp3) is 0.526. The zero-order valence-corrected chi connectivity index (χ0v) is 16.0. The maximum atomic E-state index is 13.5. The Hall–Kier alpha value is -2.20. The van der Waals surface area contributed by atoms with E-state index in [-0.39, 0.29) is 11.3 Å². The van der Waals surface area contributed by atoms with Crippen LogP contribution in [0.5, 0.6) is 0 Å². The van der Waals surface area contributed by atoms with Crippen molar-refractivity contribution in [3.8, 4) is 6.07 Å². The van der Waals surface area contributed by atoms with Crippen molar-refractivity contribution in [2.24, 2.45) is 0 Å². The van der Waals surface area contributed by atoms with Gasteiger partial charge in [-0.15, -0.1) is 11.8 Å². The van der Waals surface area contributed by atoms with Crippen LogP contribution in [0.2, 0.25) is 0 Å². The van der Waals surface area contributed by atoms with Crippen molar-refractivity contribution in [3.05, 3.63) is 35.9 Å². The summed E-state index contributed by atoms with van der Waals surface area (Å²) in [5, 5.41) is 19.3. The molecule has 0 aromatic heterocycles. The first-order chi connectivity index (χ1) is 12.2. The molecule has 2 heterocycles. The van der Waals surface area contributed by atoms with Crippen LogP contribution in [-0.4, -0.2) is 55.2 Å². The van der Waals surface area contributed by atoms with Gasteiger partial charge in [0.15, 0.2) is 0 Å². The molecule has 1 aromatic rings. The molecule has 0 radical (unpaired) electrons. The summed E-state index contributed by atoms with van der Waals surface area (Å²) in [6.45, 7) is 5.42. The molecule has 0 bridgehead atoms. The highest BCUT2D eigenvalue weighted by Crippen LogP contribution is 2.47. The summed E-state index contributed by atoms with van der Waals surface area (Å²) >= 11 is 1.56. The monoisotopic (exact) mass is 373 g/mol. The van der Waals surface area contributed by atoms with Gasteiger partial charge in [-0.2, -0.15) is 5.26 Å². The van der Waals surface area contributed by atoms with Crippen molar-refractivity contribution >= 4 is 23.8 Å². The maximum Gasteiger partial charge on any atom is 0.408 e. The standard InChI is InChI=1S/C19H23N3O3S/c1-18(2,3)22(17(24)25)19(9-13-7-5-4-6-8-13)10-15-21(16(19)23)14(11-20)12-26-15/h4-8,14-15H,9-10,12H2,1-3H3,(H,24,25)/t14-,15+,19-/m1/s1. The van der Waals surface area contributed by atoms with Gasteiger partial charge in [0.1, 0.15) is 11.6 Å². The van der Waals surface area contributed by atoms with Crippen molar-refractivity contribution in [1.29, 1.82) is 5.26 Å². The van der Waals surface area contributed by atoms with Crippen LogP contribution in [0.1, 0.15) is 32.8 Å². The Labute approximate surface area is 157 Å². The van der Waals surface area contributed by atoms with Gasteiger partial charge in [0.05, 0.1) is 11.4 Å². The Morgan fingerprint density at radius 3 is 2.62 bits per heavy atom. The summed E-state index contributed by atoms with van der Waals surface area (Å²) < 4.78 is 0. The quantitative estimate of drug-likeness (QED) is 0.880. The Morgan fingerprint density at radius 2 is 2.08 bits per heavy atom. The molecule has 1 N–H and O–H groups in total. The highest BCUT2D eigenvalue weighted by molar-refractivity contribution is 8.00. The summed E-state index contributed by atoms with van der Waals surface area (Å²) in [6.07, 6.45) is -0.406. The summed E-state index contributed by atoms with van der Waals surface area (Å²) in [6, 6.07) is 11.2. The van der Waals surface area contributed by atoms with Gasteiger partial charge >= 0.3 is 6.09 Å². The van der Waals surface area contributed by atoms with Gasteiger partial charge < -0.3 is 10.0 Å². The third-order valence-corrected chi connectivity index (χ3v) is 6.30. The number of carbonyl (C=O) groups is 2. The van der Waals surface area contributed by atoms with Crippen molar-refractivity contribution in [1.82, 2.24) is 9.80 Å². The summed E-state index contributed by atoms with van der Waals surface area (Å²) in [5.74, 6) is 0.330. The first-order valence-corrected chi connectivity index (χ1v) is 9.67. The molecule has 138 valence electrons. The molecule has 6 nitrogen and oxygen atoms in total. The topological polar surface area (TPSA) is 84.6 Å². The predicted octanol–water partition coefficient (Wildman–Crippen LogP) is 2.94. The number of hydrogen-bond donors (Lipinski definition) is 1. The number of nitrogens with zero attached hydrogens (tertiary/aromatic N) is 3. The SMILES string of the molecule is CC(C)(C)N(C(=O)O)[C@]1(Cc2ccccc2)C[C@@H]2SC[C@@H](C#N)N2C1=O. The maximum absolute atomic E-state index is 13.5. The van der Waals surface area contributed by atoms with Gasteiger partial charge in [-0.25, -0.2) is 4.79 Å². The minimum Gasteiger partial charge on any atom is -0.465 e. The van der Waals surface area contributed by atoms with Gasteiger partial charge in [-0.05, 0) is 26.3 Å². The average molecular weight is 373 g/mol. The number of carboxylic acid groups (broad SMARTS) is 1. The molecule has 0 aliphatic carbocycles. The molecule has 2 aliphatic heterocycles. The van der Waals surface area contributed by atoms with E-state index in [2.05, 4.69) is 6.07 Å². The summed E-state index contributed by atoms with van der Waals surface area (Å²) in [4.78, 5) is 28.7. The van der Waals surface area contributed by atoms with Crippen LogP contribution >= 0.6 is 11.8 Å². The van der Waals surface area contributed by atoms with E-state index in [1.54, 1.807) is 37.4 Å². The van der Waals surface area contributed by atoms with Gasteiger partial charge in [0.2, 0.25) is 0 Å². The summed E-state index contributed by atoms with van der Waals surface area (Å²) in [5.41, 5.74) is -1.03. The lowest BCUT2D eigenvalue weighted by Crippen LogP contribution is -2.64. The zero-order chi connectivity index (χ0) is 19.1. The van der Waals surface area contributed by atoms with Crippen LogP contribution < -0.4 is 0 Å². The molecule has 3 rings (SSSR count). The normalized spacial score (nSPS) is 27.9. The van der Waals surface area contributed by atoms with Crippen LogP contribution in [0.15, 0.2) is 30.3 Å². The van der Waals surface area contributed by atoms with Crippen LogP contribution in [0.25, 0.3) is 0 Å². The first-order valence-electron chi connectivity index (χ1n) is 8.62. The van der Waals surface area contributed by atoms with E-state index >= 15 is 0 Å². The number of thioether (sulfide) groups is 1. The van der Waals surface area contributed by atoms with E-state index in [4.69, 9.17) is 0 Å². The third-order valence-electron chi connectivity index (χ3n) is 5.02. The fourth-order valence-electron chi connectivity index (χ4n) is 4.17. The van der Waals surface area contributed by atoms with Crippen LogP contribution in [-0.2, 0) is 11.2 Å². The van der Waals surface area contributed by atoms with Gasteiger partial charge in [0, 0.05) is 24.1 Å². The average Bonchev–Trinajstić information content (AvgIpc) is 3.05. The number of hydrogen-bond acceptors (Lipinski definition) is 4. The second-order valence-electron chi connectivity index (χ2n) is 7.83. The largest absolute Gasteiger partial charge is 0.465 e. The zero-order valence-electron chi connectivity index (χ0n) is 15.2. The predicted molar refractivity (Wildman–Crippen MR) is 99.6 cm³/mol. The lowest BCUT2D eigenvalue weighted by Gasteiger charge is -2.46. The van der Waals surface area contributed by atoms with E-state index in [0.717, 1.165) is 5.56 Å². The van der Waals surface area contributed by atoms with E-state index in [0.29, 0.717) is 18.6 Å². The number of rotatable bonds is 3. The Bertz CT molecular complexity index is 756. The molecule has 0 saturated carbocycles. The van der Waals surface area contributed by atoms with Crippen molar-refractivity contribution in [2.75, 3.05) is 5.75 Å². The molecule has 2 aliphatic rings. The summed E-state index contributed by atoms with van der Waals surface area (Å²) in [7, 11) is 0. The molecular weight excluding hydrogens is 350 g/mol. The highest BCUT2D eigenvalue weighted by Gasteiger charge is 2.62. The Morgan fingerprint density at radius 1 is 1.42 bits per heavy atom. The van der Waals surface area contributed by atoms with E-state index in [9.17, 15) is 20.0 Å². The third kappa shape index (κ3) is 2.92. The molecule has 26 heavy (non-hydrogen) atoms. The minimum absolute atomic E-state index is 0.153. The second kappa shape index (κ2) is 6.51. The first kappa shape index (κ1) is 18.6. The highest BCUT2D eigenvalue weighted by atomic mass is 32.2. The van der Waals surface area contributed by atoms with Gasteiger partial charge in [0.25, 0.3) is 5.91 Å². The molecule has 2 amide bonds. The lowest BCUT2D eigenvalue weighted by molar-refractivity contribution is -0.140. The number of carbonyl (C=O) groups excluding carboxylic acids is 1. The molecular formula is C19H23N3O3S. The molecule has 2 fully saturated rings. The number of fused-ring (bicyclic) bond motifs is 1. The minimum atomic E-state index is -1.20. The van der Waals surface area contributed by atoms with Crippen LogP contribution in [0.4, 0.5) is 4.79 Å². The molecule has 1 aromatic carbocycles. The number of benzene rings is 1. The molecule has 3 atom stereocenters. The molecule has 0 unspecified atom stereocenters. The van der Waals surface area contributed by atoms with E-state index in [1.807, 2.05) is 30.3 Å². The second-order valence-corrected chi connectivity index (χ2v) is 9.04.